The van der Waals surface area contributed by atoms with Crippen LogP contribution in [0.1, 0.15) is 75.0 Å². The van der Waals surface area contributed by atoms with Gasteiger partial charge in [0, 0.05) is 25.3 Å². The predicted molar refractivity (Wildman–Crippen MR) is 136 cm³/mol. The fourth-order valence-corrected chi connectivity index (χ4v) is 3.93. The monoisotopic (exact) mass is 481 g/mol. The molecule has 1 heterocycles. The summed E-state index contributed by atoms with van der Waals surface area (Å²) in [6.45, 7) is 10.5. The Morgan fingerprint density at radius 3 is 2.40 bits per heavy atom. The molecule has 1 aliphatic rings. The first-order valence-corrected chi connectivity index (χ1v) is 12.6. The Hall–Kier alpha value is -2.93. The van der Waals surface area contributed by atoms with E-state index in [0.717, 1.165) is 25.9 Å². The summed E-state index contributed by atoms with van der Waals surface area (Å²) in [6, 6.07) is 14.6. The molecular weight excluding hydrogens is 442 g/mol. The van der Waals surface area contributed by atoms with Crippen LogP contribution in [-0.2, 0) is 22.6 Å². The minimum Gasteiger partial charge on any atom is -0.462 e. The van der Waals surface area contributed by atoms with Gasteiger partial charge in [0.1, 0.15) is 5.60 Å². The lowest BCUT2D eigenvalue weighted by molar-refractivity contribution is 0.0226. The van der Waals surface area contributed by atoms with Gasteiger partial charge < -0.3 is 14.4 Å². The highest BCUT2D eigenvalue weighted by atomic mass is 16.6. The smallest absolute Gasteiger partial charge is 0.410 e. The van der Waals surface area contributed by atoms with Gasteiger partial charge in [-0.1, -0.05) is 30.3 Å². The van der Waals surface area contributed by atoms with Crippen molar-refractivity contribution in [1.82, 2.24) is 14.8 Å². The summed E-state index contributed by atoms with van der Waals surface area (Å²) in [7, 11) is 0. The number of ether oxygens (including phenoxy) is 2. The number of esters is 1. The lowest BCUT2D eigenvalue weighted by Crippen LogP contribution is -2.37. The van der Waals surface area contributed by atoms with E-state index in [1.165, 1.54) is 18.4 Å². The maximum Gasteiger partial charge on any atom is 0.410 e. The van der Waals surface area contributed by atoms with E-state index in [1.54, 1.807) is 30.2 Å². The quantitative estimate of drug-likeness (QED) is 0.297. The van der Waals surface area contributed by atoms with Crippen LogP contribution < -0.4 is 0 Å². The summed E-state index contributed by atoms with van der Waals surface area (Å²) in [5.41, 5.74) is 1.81. The number of unbranched alkanes of at least 4 members (excludes halogenated alkanes) is 1. The van der Waals surface area contributed by atoms with Crippen molar-refractivity contribution in [2.45, 2.75) is 78.1 Å². The number of pyridine rings is 1. The number of rotatable bonds is 12. The van der Waals surface area contributed by atoms with Crippen LogP contribution in [0, 0.1) is 0 Å². The molecule has 0 aliphatic heterocycles. The molecule has 2 aromatic rings. The van der Waals surface area contributed by atoms with Crippen LogP contribution in [0.5, 0.6) is 0 Å². The molecular formula is C28H39N3O4. The number of hydrogen-bond acceptors (Lipinski definition) is 6. The first-order valence-electron chi connectivity index (χ1n) is 12.6. The number of aromatic nitrogens is 1. The summed E-state index contributed by atoms with van der Waals surface area (Å²) < 4.78 is 10.7. The molecule has 35 heavy (non-hydrogen) atoms. The van der Waals surface area contributed by atoms with Crippen LogP contribution in [0.2, 0.25) is 0 Å². The van der Waals surface area contributed by atoms with Gasteiger partial charge in [0.05, 0.1) is 24.4 Å². The standard InChI is InChI=1S/C28H39N3O4/c1-5-34-26(32)23-15-16-29-24(19-23)21-31(27(33)35-28(2,3)4)18-10-9-17-30(25-13-14-25)20-22-11-7-6-8-12-22/h6-8,11-12,15-16,19,25H,5,9-10,13-14,17-18,20-21H2,1-4H3. The van der Waals surface area contributed by atoms with Gasteiger partial charge in [0.2, 0.25) is 0 Å². The van der Waals surface area contributed by atoms with Gasteiger partial charge in [-0.2, -0.15) is 0 Å². The van der Waals surface area contributed by atoms with E-state index < -0.39 is 11.6 Å². The summed E-state index contributed by atoms with van der Waals surface area (Å²) in [4.78, 5) is 33.7. The molecule has 0 saturated heterocycles. The van der Waals surface area contributed by atoms with Crippen molar-refractivity contribution in [3.63, 3.8) is 0 Å². The maximum atomic E-state index is 12.9. The van der Waals surface area contributed by atoms with E-state index in [1.807, 2.05) is 26.8 Å². The van der Waals surface area contributed by atoms with Crippen LogP contribution in [0.15, 0.2) is 48.7 Å². The average molecular weight is 482 g/mol. The summed E-state index contributed by atoms with van der Waals surface area (Å²) in [5.74, 6) is -0.390. The second-order valence-corrected chi connectivity index (χ2v) is 10.1. The van der Waals surface area contributed by atoms with Gasteiger partial charge in [0.25, 0.3) is 0 Å². The normalized spacial score (nSPS) is 13.5. The Morgan fingerprint density at radius 1 is 1.03 bits per heavy atom. The SMILES string of the molecule is CCOC(=O)c1ccnc(CN(CCCCN(Cc2ccccc2)C2CC2)C(=O)OC(C)(C)C)c1. The van der Waals surface area contributed by atoms with E-state index in [0.29, 0.717) is 30.5 Å². The number of nitrogens with zero attached hydrogens (tertiary/aromatic N) is 3. The van der Waals surface area contributed by atoms with E-state index >= 15 is 0 Å². The topological polar surface area (TPSA) is 72.0 Å². The molecule has 190 valence electrons. The highest BCUT2D eigenvalue weighted by Crippen LogP contribution is 2.28. The third kappa shape index (κ3) is 9.32. The molecule has 7 nitrogen and oxygen atoms in total. The van der Waals surface area contributed by atoms with Crippen LogP contribution in [0.3, 0.4) is 0 Å². The third-order valence-corrected chi connectivity index (χ3v) is 5.75. The van der Waals surface area contributed by atoms with Crippen molar-refractivity contribution < 1.29 is 19.1 Å². The first kappa shape index (κ1) is 26.7. The van der Waals surface area contributed by atoms with Gasteiger partial charge in [0.15, 0.2) is 0 Å². The Labute approximate surface area is 209 Å². The van der Waals surface area contributed by atoms with Crippen LogP contribution in [0.25, 0.3) is 0 Å². The molecule has 1 aromatic carbocycles. The number of carbonyl (C=O) groups is 2. The molecule has 0 N–H and O–H groups in total. The molecule has 7 heteroatoms. The summed E-state index contributed by atoms with van der Waals surface area (Å²) in [6.07, 6.45) is 5.57. The third-order valence-electron chi connectivity index (χ3n) is 5.75. The van der Waals surface area contributed by atoms with Gasteiger partial charge in [-0.15, -0.1) is 0 Å². The molecule has 0 bridgehead atoms. The molecule has 0 atom stereocenters. The van der Waals surface area contributed by atoms with E-state index in [9.17, 15) is 9.59 Å². The number of carbonyl (C=O) groups excluding carboxylic acids is 2. The number of benzene rings is 1. The van der Waals surface area contributed by atoms with Gasteiger partial charge in [-0.25, -0.2) is 9.59 Å². The van der Waals surface area contributed by atoms with Crippen molar-refractivity contribution in [2.24, 2.45) is 0 Å². The zero-order valence-electron chi connectivity index (χ0n) is 21.5. The first-order chi connectivity index (χ1) is 16.7. The molecule has 0 spiro atoms. The fraction of sp³-hybridized carbons (Fsp3) is 0.536. The molecule has 3 rings (SSSR count). The Balaban J connectivity index is 1.59. The second-order valence-electron chi connectivity index (χ2n) is 10.1. The Morgan fingerprint density at radius 2 is 1.74 bits per heavy atom. The lowest BCUT2D eigenvalue weighted by atomic mass is 10.2. The minimum atomic E-state index is -0.589. The van der Waals surface area contributed by atoms with Crippen molar-refractivity contribution in [1.29, 1.82) is 0 Å². The molecule has 0 unspecified atom stereocenters. The number of hydrogen-bond donors (Lipinski definition) is 0. The average Bonchev–Trinajstić information content (AvgIpc) is 3.65. The second kappa shape index (κ2) is 12.7. The van der Waals surface area contributed by atoms with Gasteiger partial charge in [-0.05, 0) is 77.6 Å². The van der Waals surface area contributed by atoms with Crippen molar-refractivity contribution in [2.75, 3.05) is 19.7 Å². The van der Waals surface area contributed by atoms with Gasteiger partial charge in [-0.3, -0.25) is 9.88 Å². The van der Waals surface area contributed by atoms with E-state index in [4.69, 9.17) is 9.47 Å². The Bertz CT molecular complexity index is 954. The highest BCUT2D eigenvalue weighted by Gasteiger charge is 2.29. The molecule has 0 radical (unpaired) electrons. The van der Waals surface area contributed by atoms with E-state index in [-0.39, 0.29) is 12.6 Å². The molecule has 1 fully saturated rings. The van der Waals surface area contributed by atoms with Gasteiger partial charge >= 0.3 is 12.1 Å². The fourth-order valence-electron chi connectivity index (χ4n) is 3.93. The van der Waals surface area contributed by atoms with E-state index in [2.05, 4.69) is 34.1 Å². The zero-order chi connectivity index (χ0) is 25.3. The van der Waals surface area contributed by atoms with Crippen molar-refractivity contribution in [3.8, 4) is 0 Å². The largest absolute Gasteiger partial charge is 0.462 e. The zero-order valence-corrected chi connectivity index (χ0v) is 21.5. The minimum absolute atomic E-state index is 0.276. The summed E-state index contributed by atoms with van der Waals surface area (Å²) in [5, 5.41) is 0. The lowest BCUT2D eigenvalue weighted by Gasteiger charge is -2.28. The molecule has 1 aromatic heterocycles. The van der Waals surface area contributed by atoms with Crippen LogP contribution in [-0.4, -0.2) is 58.2 Å². The molecule has 1 aliphatic carbocycles. The highest BCUT2D eigenvalue weighted by molar-refractivity contribution is 5.89. The maximum absolute atomic E-state index is 12.9. The van der Waals surface area contributed by atoms with Crippen LogP contribution in [0.4, 0.5) is 4.79 Å². The van der Waals surface area contributed by atoms with Crippen molar-refractivity contribution in [3.05, 3.63) is 65.5 Å². The van der Waals surface area contributed by atoms with Crippen LogP contribution >= 0.6 is 0 Å². The number of amides is 1. The summed E-state index contributed by atoms with van der Waals surface area (Å²) >= 11 is 0. The predicted octanol–water partition coefficient (Wildman–Crippen LogP) is 5.44. The molecule has 1 amide bonds. The Kier molecular flexibility index (Phi) is 9.66. The molecule has 1 saturated carbocycles. The van der Waals surface area contributed by atoms with Crippen molar-refractivity contribution >= 4 is 12.1 Å².